The summed E-state index contributed by atoms with van der Waals surface area (Å²) in [6.07, 6.45) is 0.388. The van der Waals surface area contributed by atoms with Gasteiger partial charge in [-0.1, -0.05) is 0 Å². The Morgan fingerprint density at radius 1 is 1.32 bits per heavy atom. The molecule has 1 rings (SSSR count). The van der Waals surface area contributed by atoms with Gasteiger partial charge in [-0.25, -0.2) is 0 Å². The van der Waals surface area contributed by atoms with Crippen LogP contribution in [0.25, 0.3) is 0 Å². The number of likely N-dealkylation sites (tertiary alicyclic amines) is 1. The minimum Gasteiger partial charge on any atom is -0.480 e. The first kappa shape index (κ1) is 15.9. The molecule has 110 valence electrons. The van der Waals surface area contributed by atoms with Crippen LogP contribution in [0.3, 0.4) is 0 Å². The predicted molar refractivity (Wildman–Crippen MR) is 72.7 cm³/mol. The van der Waals surface area contributed by atoms with Gasteiger partial charge < -0.3 is 15.7 Å². The SMILES string of the molecule is CC(C)N(C(=O)CN1CCC(N)(C(=O)O)C1)C(C)C. The van der Waals surface area contributed by atoms with Gasteiger partial charge in [0.1, 0.15) is 5.54 Å². The number of aliphatic carboxylic acids is 1. The molecular weight excluding hydrogens is 246 g/mol. The highest BCUT2D eigenvalue weighted by atomic mass is 16.4. The monoisotopic (exact) mass is 271 g/mol. The highest BCUT2D eigenvalue weighted by Crippen LogP contribution is 2.19. The molecule has 1 atom stereocenters. The van der Waals surface area contributed by atoms with Gasteiger partial charge in [-0.3, -0.25) is 14.5 Å². The molecule has 3 N–H and O–H groups in total. The summed E-state index contributed by atoms with van der Waals surface area (Å²) in [6.45, 7) is 8.94. The van der Waals surface area contributed by atoms with Gasteiger partial charge in [0.05, 0.1) is 6.54 Å². The van der Waals surface area contributed by atoms with Crippen molar-refractivity contribution in [3.05, 3.63) is 0 Å². The van der Waals surface area contributed by atoms with Crippen LogP contribution in [-0.2, 0) is 9.59 Å². The molecule has 0 aromatic carbocycles. The summed E-state index contributed by atoms with van der Waals surface area (Å²) in [5.74, 6) is -0.966. The third-order valence-corrected chi connectivity index (χ3v) is 3.57. The zero-order valence-electron chi connectivity index (χ0n) is 12.2. The number of carbonyl (C=O) groups excluding carboxylic acids is 1. The fourth-order valence-corrected chi connectivity index (χ4v) is 2.67. The summed E-state index contributed by atoms with van der Waals surface area (Å²) in [7, 11) is 0. The molecule has 6 heteroatoms. The fourth-order valence-electron chi connectivity index (χ4n) is 2.67. The molecule has 1 saturated heterocycles. The second-order valence-electron chi connectivity index (χ2n) is 5.91. The molecule has 19 heavy (non-hydrogen) atoms. The van der Waals surface area contributed by atoms with Gasteiger partial charge in [0.2, 0.25) is 5.91 Å². The van der Waals surface area contributed by atoms with Crippen molar-refractivity contribution < 1.29 is 14.7 Å². The van der Waals surface area contributed by atoms with Crippen molar-refractivity contribution in [2.75, 3.05) is 19.6 Å². The molecule has 1 heterocycles. The minimum atomic E-state index is -1.21. The van der Waals surface area contributed by atoms with E-state index in [0.29, 0.717) is 13.0 Å². The Kier molecular flexibility index (Phi) is 4.92. The van der Waals surface area contributed by atoms with Gasteiger partial charge in [0.15, 0.2) is 0 Å². The molecule has 1 amide bonds. The van der Waals surface area contributed by atoms with Crippen molar-refractivity contribution in [1.29, 1.82) is 0 Å². The molecule has 0 aliphatic carbocycles. The maximum Gasteiger partial charge on any atom is 0.325 e. The third-order valence-electron chi connectivity index (χ3n) is 3.57. The van der Waals surface area contributed by atoms with Gasteiger partial charge in [-0.15, -0.1) is 0 Å². The molecule has 1 fully saturated rings. The smallest absolute Gasteiger partial charge is 0.325 e. The Morgan fingerprint density at radius 3 is 2.21 bits per heavy atom. The Balaban J connectivity index is 2.62. The van der Waals surface area contributed by atoms with E-state index >= 15 is 0 Å². The lowest BCUT2D eigenvalue weighted by molar-refractivity contribution is -0.143. The molecule has 6 nitrogen and oxygen atoms in total. The van der Waals surface area contributed by atoms with Crippen molar-refractivity contribution >= 4 is 11.9 Å². The number of hydrogen-bond acceptors (Lipinski definition) is 4. The molecule has 1 aliphatic rings. The summed E-state index contributed by atoms with van der Waals surface area (Å²) >= 11 is 0. The highest BCUT2D eigenvalue weighted by molar-refractivity contribution is 5.81. The number of amides is 1. The maximum absolute atomic E-state index is 12.3. The zero-order chi connectivity index (χ0) is 14.8. The van der Waals surface area contributed by atoms with E-state index in [0.717, 1.165) is 0 Å². The molecule has 0 aromatic rings. The van der Waals surface area contributed by atoms with Gasteiger partial charge in [0, 0.05) is 25.2 Å². The predicted octanol–water partition coefficient (Wildman–Crippen LogP) is 0.120. The Labute approximate surface area is 114 Å². The van der Waals surface area contributed by atoms with Crippen molar-refractivity contribution in [3.63, 3.8) is 0 Å². The van der Waals surface area contributed by atoms with E-state index in [4.69, 9.17) is 10.8 Å². The maximum atomic E-state index is 12.3. The summed E-state index contributed by atoms with van der Waals surface area (Å²) in [5.41, 5.74) is 4.59. The normalized spacial score (nSPS) is 24.2. The third kappa shape index (κ3) is 3.67. The van der Waals surface area contributed by atoms with E-state index < -0.39 is 11.5 Å². The molecule has 0 bridgehead atoms. The second-order valence-corrected chi connectivity index (χ2v) is 5.91. The first-order chi connectivity index (χ1) is 8.67. The molecule has 0 spiro atoms. The van der Waals surface area contributed by atoms with Crippen LogP contribution < -0.4 is 5.73 Å². The fraction of sp³-hybridized carbons (Fsp3) is 0.846. The van der Waals surface area contributed by atoms with Crippen LogP contribution in [0.5, 0.6) is 0 Å². The van der Waals surface area contributed by atoms with Crippen LogP contribution in [0.15, 0.2) is 0 Å². The molecule has 1 unspecified atom stereocenters. The number of carboxylic acid groups (broad SMARTS) is 1. The first-order valence-electron chi connectivity index (χ1n) is 6.73. The van der Waals surface area contributed by atoms with Gasteiger partial charge in [-0.2, -0.15) is 0 Å². The van der Waals surface area contributed by atoms with E-state index in [9.17, 15) is 9.59 Å². The number of nitrogens with two attached hydrogens (primary N) is 1. The second kappa shape index (κ2) is 5.88. The van der Waals surface area contributed by atoms with E-state index in [1.165, 1.54) is 0 Å². The number of carboxylic acids is 1. The number of nitrogens with zero attached hydrogens (tertiary/aromatic N) is 2. The van der Waals surface area contributed by atoms with Crippen molar-refractivity contribution in [2.45, 2.75) is 51.7 Å². The van der Waals surface area contributed by atoms with Crippen molar-refractivity contribution in [2.24, 2.45) is 5.73 Å². The lowest BCUT2D eigenvalue weighted by Gasteiger charge is -2.32. The lowest BCUT2D eigenvalue weighted by atomic mass is 10.0. The van der Waals surface area contributed by atoms with Crippen LogP contribution in [0.1, 0.15) is 34.1 Å². The first-order valence-corrected chi connectivity index (χ1v) is 6.73. The molecular formula is C13H25N3O3. The van der Waals surface area contributed by atoms with Gasteiger partial charge in [0.25, 0.3) is 0 Å². The molecule has 0 saturated carbocycles. The summed E-state index contributed by atoms with van der Waals surface area (Å²) in [6, 6.07) is 0.273. The van der Waals surface area contributed by atoms with E-state index in [2.05, 4.69) is 0 Å². The van der Waals surface area contributed by atoms with E-state index in [1.807, 2.05) is 37.5 Å². The Bertz CT molecular complexity index is 349. The molecule has 0 radical (unpaired) electrons. The Morgan fingerprint density at radius 2 is 1.84 bits per heavy atom. The molecule has 1 aliphatic heterocycles. The molecule has 0 aromatic heterocycles. The van der Waals surface area contributed by atoms with Crippen molar-refractivity contribution in [1.82, 2.24) is 9.80 Å². The number of hydrogen-bond donors (Lipinski definition) is 2. The lowest BCUT2D eigenvalue weighted by Crippen LogP contribution is -2.51. The van der Waals surface area contributed by atoms with Crippen LogP contribution in [0.4, 0.5) is 0 Å². The van der Waals surface area contributed by atoms with Crippen LogP contribution in [0, 0.1) is 0 Å². The van der Waals surface area contributed by atoms with Crippen LogP contribution in [-0.4, -0.2) is 64.0 Å². The van der Waals surface area contributed by atoms with Gasteiger partial charge in [-0.05, 0) is 34.1 Å². The zero-order valence-corrected chi connectivity index (χ0v) is 12.2. The summed E-state index contributed by atoms with van der Waals surface area (Å²) in [5, 5.41) is 9.06. The van der Waals surface area contributed by atoms with Crippen LogP contribution in [0.2, 0.25) is 0 Å². The van der Waals surface area contributed by atoms with E-state index in [1.54, 1.807) is 0 Å². The topological polar surface area (TPSA) is 86.9 Å². The average Bonchev–Trinajstić information content (AvgIpc) is 2.60. The summed E-state index contributed by atoms with van der Waals surface area (Å²) in [4.78, 5) is 27.0. The van der Waals surface area contributed by atoms with Crippen molar-refractivity contribution in [3.8, 4) is 0 Å². The quantitative estimate of drug-likeness (QED) is 0.741. The summed E-state index contributed by atoms with van der Waals surface area (Å²) < 4.78 is 0. The minimum absolute atomic E-state index is 0.0274. The average molecular weight is 271 g/mol. The largest absolute Gasteiger partial charge is 0.480 e. The van der Waals surface area contributed by atoms with Gasteiger partial charge >= 0.3 is 5.97 Å². The standard InChI is InChI=1S/C13H25N3O3/c1-9(2)16(10(3)4)11(17)7-15-6-5-13(14,8-15)12(18)19/h9-10H,5-8,14H2,1-4H3,(H,18,19). The number of carbonyl (C=O) groups is 2. The highest BCUT2D eigenvalue weighted by Gasteiger charge is 2.42. The van der Waals surface area contributed by atoms with Crippen LogP contribution >= 0.6 is 0 Å². The van der Waals surface area contributed by atoms with E-state index in [-0.39, 0.29) is 31.1 Å². The Hall–Kier alpha value is -1.14. The number of rotatable bonds is 5.